The van der Waals surface area contributed by atoms with Crippen molar-refractivity contribution >= 4 is 5.97 Å². The maximum absolute atomic E-state index is 11.5. The van der Waals surface area contributed by atoms with Crippen molar-refractivity contribution in [3.63, 3.8) is 0 Å². The van der Waals surface area contributed by atoms with Gasteiger partial charge in [0.25, 0.3) is 0 Å². The Morgan fingerprint density at radius 1 is 0.760 bits per heavy atom. The average Bonchev–Trinajstić information content (AvgIpc) is 2.59. The largest absolute Gasteiger partial charge is 0.480 e. The van der Waals surface area contributed by atoms with E-state index in [9.17, 15) is 9.90 Å². The minimum Gasteiger partial charge on any atom is -0.480 e. The smallest absolute Gasteiger partial charge is 0.323 e. The highest BCUT2D eigenvalue weighted by atomic mass is 16.4. The molecule has 0 radical (unpaired) electrons. The molecule has 3 N–H and O–H groups in total. The fourth-order valence-corrected chi connectivity index (χ4v) is 2.95. The number of carbonyl (C=O) groups is 1. The van der Waals surface area contributed by atoms with Crippen molar-refractivity contribution in [1.82, 2.24) is 16.0 Å². The van der Waals surface area contributed by atoms with Gasteiger partial charge in [-0.2, -0.15) is 5.12 Å². The molecule has 0 bridgehead atoms. The van der Waals surface area contributed by atoms with Gasteiger partial charge in [-0.15, -0.1) is 0 Å². The van der Waals surface area contributed by atoms with Crippen LogP contribution in [0, 0.1) is 0 Å². The summed E-state index contributed by atoms with van der Waals surface area (Å²) < 4.78 is 0. The van der Waals surface area contributed by atoms with E-state index in [1.807, 2.05) is 6.92 Å². The molecule has 0 aromatic heterocycles. The monoisotopic (exact) mass is 357 g/mol. The molecule has 0 aliphatic heterocycles. The van der Waals surface area contributed by atoms with Crippen LogP contribution in [0.5, 0.6) is 0 Å². The molecule has 0 aliphatic rings. The predicted octanol–water partition coefficient (Wildman–Crippen LogP) is 4.88. The van der Waals surface area contributed by atoms with Crippen molar-refractivity contribution in [3.05, 3.63) is 0 Å². The molecule has 0 aliphatic carbocycles. The number of unbranched alkanes of at least 4 members (excludes halogenated alkanes) is 10. The van der Waals surface area contributed by atoms with E-state index in [0.29, 0.717) is 6.42 Å². The highest BCUT2D eigenvalue weighted by Crippen LogP contribution is 2.06. The van der Waals surface area contributed by atoms with Gasteiger partial charge in [0.2, 0.25) is 0 Å². The van der Waals surface area contributed by atoms with Gasteiger partial charge < -0.3 is 5.11 Å². The molecule has 0 spiro atoms. The number of nitrogens with one attached hydrogen (secondary N) is 2. The molecular weight excluding hydrogens is 314 g/mol. The van der Waals surface area contributed by atoms with Crippen molar-refractivity contribution in [2.45, 2.75) is 110 Å². The second-order valence-corrected chi connectivity index (χ2v) is 6.98. The second kappa shape index (κ2) is 18.2. The van der Waals surface area contributed by atoms with E-state index in [4.69, 9.17) is 0 Å². The van der Waals surface area contributed by atoms with Crippen LogP contribution < -0.4 is 10.9 Å². The first-order chi connectivity index (χ1) is 12.2. The molecule has 0 aromatic carbocycles. The van der Waals surface area contributed by atoms with Crippen LogP contribution in [0.2, 0.25) is 0 Å². The number of carboxylic acid groups (broad SMARTS) is 1. The first kappa shape index (κ1) is 24.4. The lowest BCUT2D eigenvalue weighted by atomic mass is 10.1. The zero-order chi connectivity index (χ0) is 18.8. The van der Waals surface area contributed by atoms with Crippen LogP contribution in [0.15, 0.2) is 0 Å². The minimum atomic E-state index is -0.770. The number of aliphatic carboxylic acids is 1. The van der Waals surface area contributed by atoms with Crippen LogP contribution in [-0.4, -0.2) is 35.3 Å². The number of hydrogen-bond donors (Lipinski definition) is 3. The summed E-state index contributed by atoms with van der Waals surface area (Å²) in [6.07, 6.45) is 15.5. The van der Waals surface area contributed by atoms with E-state index >= 15 is 0 Å². The van der Waals surface area contributed by atoms with Gasteiger partial charge in [0.1, 0.15) is 6.04 Å². The van der Waals surface area contributed by atoms with Crippen molar-refractivity contribution in [2.24, 2.45) is 0 Å². The summed E-state index contributed by atoms with van der Waals surface area (Å²) in [6, 6.07) is -0.514. The third-order valence-corrected chi connectivity index (χ3v) is 4.61. The normalized spacial score (nSPS) is 12.6. The van der Waals surface area contributed by atoms with Crippen molar-refractivity contribution < 1.29 is 9.90 Å². The third kappa shape index (κ3) is 14.2. The van der Waals surface area contributed by atoms with E-state index in [1.54, 1.807) is 5.12 Å². The van der Waals surface area contributed by atoms with E-state index in [1.165, 1.54) is 64.2 Å². The molecule has 150 valence electrons. The van der Waals surface area contributed by atoms with Gasteiger partial charge in [-0.05, 0) is 19.3 Å². The SMILES string of the molecule is CCCCCCCCNN(NCCCCCCCC)C(CC)C(=O)O. The highest BCUT2D eigenvalue weighted by Gasteiger charge is 2.23. The molecule has 0 saturated carbocycles. The Hall–Kier alpha value is -0.650. The fraction of sp³-hybridized carbons (Fsp3) is 0.950. The molecule has 0 fully saturated rings. The van der Waals surface area contributed by atoms with Crippen LogP contribution in [0.3, 0.4) is 0 Å². The molecule has 1 unspecified atom stereocenters. The molecule has 1 atom stereocenters. The average molecular weight is 358 g/mol. The molecule has 0 rings (SSSR count). The Labute approximate surface area is 155 Å². The van der Waals surface area contributed by atoms with Gasteiger partial charge in [0, 0.05) is 13.1 Å². The molecule has 25 heavy (non-hydrogen) atoms. The van der Waals surface area contributed by atoms with Crippen LogP contribution in [0.1, 0.15) is 104 Å². The lowest BCUT2D eigenvalue weighted by Gasteiger charge is -2.29. The van der Waals surface area contributed by atoms with Gasteiger partial charge in [-0.25, -0.2) is 10.9 Å². The Balaban J connectivity index is 4.01. The molecule has 0 aromatic rings. The summed E-state index contributed by atoms with van der Waals surface area (Å²) in [6.45, 7) is 8.04. The minimum absolute atomic E-state index is 0.514. The number of nitrogens with zero attached hydrogens (tertiary/aromatic N) is 1. The quantitative estimate of drug-likeness (QED) is 0.227. The standard InChI is InChI=1S/C20H43N3O2/c1-4-7-9-11-13-15-17-21-23(19(6-3)20(24)25)22-18-16-14-12-10-8-5-2/h19,21-22H,4-18H2,1-3H3,(H,24,25). The lowest BCUT2D eigenvalue weighted by Crippen LogP contribution is -2.57. The zero-order valence-electron chi connectivity index (χ0n) is 17.0. The molecule has 5 heteroatoms. The van der Waals surface area contributed by atoms with Crippen molar-refractivity contribution in [2.75, 3.05) is 13.1 Å². The maximum Gasteiger partial charge on any atom is 0.323 e. The topological polar surface area (TPSA) is 64.6 Å². The summed E-state index contributed by atoms with van der Waals surface area (Å²) >= 11 is 0. The molecule has 0 heterocycles. The molecular formula is C20H43N3O2. The number of hydrogen-bond acceptors (Lipinski definition) is 4. The summed E-state index contributed by atoms with van der Waals surface area (Å²) in [5.74, 6) is -0.770. The van der Waals surface area contributed by atoms with Crippen LogP contribution in [0.4, 0.5) is 0 Å². The molecule has 0 saturated heterocycles. The Morgan fingerprint density at radius 3 is 1.52 bits per heavy atom. The Bertz CT molecular complexity index is 283. The number of hydrazine groups is 2. The summed E-state index contributed by atoms with van der Waals surface area (Å²) in [5.41, 5.74) is 6.59. The Morgan fingerprint density at radius 2 is 1.16 bits per heavy atom. The van der Waals surface area contributed by atoms with Crippen LogP contribution in [0.25, 0.3) is 0 Å². The van der Waals surface area contributed by atoms with Gasteiger partial charge >= 0.3 is 5.97 Å². The van der Waals surface area contributed by atoms with E-state index in [2.05, 4.69) is 24.7 Å². The number of rotatable bonds is 19. The van der Waals surface area contributed by atoms with Crippen LogP contribution in [-0.2, 0) is 4.79 Å². The van der Waals surface area contributed by atoms with E-state index in [0.717, 1.165) is 25.9 Å². The van der Waals surface area contributed by atoms with E-state index in [-0.39, 0.29) is 0 Å². The summed E-state index contributed by atoms with van der Waals surface area (Å²) in [4.78, 5) is 11.5. The maximum atomic E-state index is 11.5. The Kier molecular flexibility index (Phi) is 17.7. The van der Waals surface area contributed by atoms with Crippen molar-refractivity contribution in [3.8, 4) is 0 Å². The van der Waals surface area contributed by atoms with Gasteiger partial charge in [0.15, 0.2) is 0 Å². The zero-order valence-corrected chi connectivity index (χ0v) is 17.0. The van der Waals surface area contributed by atoms with Crippen LogP contribution >= 0.6 is 0 Å². The third-order valence-electron chi connectivity index (χ3n) is 4.61. The van der Waals surface area contributed by atoms with Gasteiger partial charge in [-0.1, -0.05) is 85.0 Å². The van der Waals surface area contributed by atoms with Gasteiger partial charge in [-0.3, -0.25) is 4.79 Å². The second-order valence-electron chi connectivity index (χ2n) is 6.98. The van der Waals surface area contributed by atoms with Gasteiger partial charge in [0.05, 0.1) is 0 Å². The predicted molar refractivity (Wildman–Crippen MR) is 106 cm³/mol. The molecule has 5 nitrogen and oxygen atoms in total. The summed E-state index contributed by atoms with van der Waals surface area (Å²) in [7, 11) is 0. The molecule has 0 amide bonds. The first-order valence-electron chi connectivity index (χ1n) is 10.7. The number of carboxylic acids is 1. The van der Waals surface area contributed by atoms with E-state index < -0.39 is 12.0 Å². The fourth-order valence-electron chi connectivity index (χ4n) is 2.95. The van der Waals surface area contributed by atoms with Crippen molar-refractivity contribution in [1.29, 1.82) is 0 Å². The first-order valence-corrected chi connectivity index (χ1v) is 10.7. The summed E-state index contributed by atoms with van der Waals surface area (Å²) in [5, 5.41) is 11.2. The highest BCUT2D eigenvalue weighted by molar-refractivity contribution is 5.73. The lowest BCUT2D eigenvalue weighted by molar-refractivity contribution is -0.147.